The topological polar surface area (TPSA) is 79.3 Å². The average molecular weight is 298 g/mol. The Balaban J connectivity index is 2.31. The molecule has 1 atom stereocenters. The van der Waals surface area contributed by atoms with Crippen LogP contribution in [-0.2, 0) is 10.0 Å². The Kier molecular flexibility index (Phi) is 3.88. The number of anilines is 1. The molecule has 1 unspecified atom stereocenters. The van der Waals surface area contributed by atoms with E-state index in [2.05, 4.69) is 9.71 Å². The second-order valence-corrected chi connectivity index (χ2v) is 7.05. The Hall–Kier alpha value is -1.44. The number of nitrogens with one attached hydrogen (secondary N) is 1. The van der Waals surface area contributed by atoms with Crippen LogP contribution in [0.25, 0.3) is 0 Å². The lowest BCUT2D eigenvalue weighted by atomic mass is 10.1. The van der Waals surface area contributed by atoms with Crippen LogP contribution in [0.4, 0.5) is 5.13 Å². The summed E-state index contributed by atoms with van der Waals surface area (Å²) in [4.78, 5) is 5.00. The molecule has 7 heteroatoms. The highest BCUT2D eigenvalue weighted by Gasteiger charge is 2.17. The van der Waals surface area contributed by atoms with Gasteiger partial charge in [-0.15, -0.1) is 11.3 Å². The Labute approximate surface area is 116 Å². The summed E-state index contributed by atoms with van der Waals surface area (Å²) < 4.78 is 26.7. The maximum absolute atomic E-state index is 12.2. The van der Waals surface area contributed by atoms with E-state index in [4.69, 9.17) is 0 Å². The molecule has 19 heavy (non-hydrogen) atoms. The minimum atomic E-state index is -3.67. The van der Waals surface area contributed by atoms with E-state index in [0.717, 1.165) is 4.88 Å². The zero-order valence-corrected chi connectivity index (χ0v) is 12.1. The molecular weight excluding hydrogens is 284 g/mol. The van der Waals surface area contributed by atoms with Gasteiger partial charge in [-0.05, 0) is 31.5 Å². The normalized spacial score (nSPS) is 13.2. The SMILES string of the molecule is Cc1cnc(NS(=O)(=O)c2cccc(C(C)O)c2)s1. The van der Waals surface area contributed by atoms with Crippen molar-refractivity contribution in [3.63, 3.8) is 0 Å². The summed E-state index contributed by atoms with van der Waals surface area (Å²) in [7, 11) is -3.67. The van der Waals surface area contributed by atoms with Crippen LogP contribution in [0.2, 0.25) is 0 Å². The molecule has 0 saturated carbocycles. The highest BCUT2D eigenvalue weighted by Crippen LogP contribution is 2.22. The number of rotatable bonds is 4. The van der Waals surface area contributed by atoms with Crippen molar-refractivity contribution in [2.75, 3.05) is 4.72 Å². The average Bonchev–Trinajstić information content (AvgIpc) is 2.74. The summed E-state index contributed by atoms with van der Waals surface area (Å²) in [5.74, 6) is 0. The van der Waals surface area contributed by atoms with Crippen molar-refractivity contribution in [1.82, 2.24) is 4.98 Å². The molecule has 0 bridgehead atoms. The third-order valence-corrected chi connectivity index (χ3v) is 4.79. The Morgan fingerprint density at radius 1 is 1.42 bits per heavy atom. The van der Waals surface area contributed by atoms with Crippen molar-refractivity contribution >= 4 is 26.5 Å². The summed E-state index contributed by atoms with van der Waals surface area (Å²) in [5.41, 5.74) is 0.554. The Bertz CT molecular complexity index is 678. The lowest BCUT2D eigenvalue weighted by Gasteiger charge is -2.08. The largest absolute Gasteiger partial charge is 0.389 e. The first-order chi connectivity index (χ1) is 8.88. The zero-order chi connectivity index (χ0) is 14.0. The van der Waals surface area contributed by atoms with E-state index in [-0.39, 0.29) is 4.90 Å². The monoisotopic (exact) mass is 298 g/mol. The highest BCUT2D eigenvalue weighted by atomic mass is 32.2. The molecule has 102 valence electrons. The van der Waals surface area contributed by atoms with Crippen LogP contribution in [0.5, 0.6) is 0 Å². The third kappa shape index (κ3) is 3.31. The summed E-state index contributed by atoms with van der Waals surface area (Å²) in [6.07, 6.45) is 0.895. The van der Waals surface area contributed by atoms with Gasteiger partial charge in [-0.1, -0.05) is 12.1 Å². The Morgan fingerprint density at radius 2 is 2.16 bits per heavy atom. The Morgan fingerprint density at radius 3 is 2.74 bits per heavy atom. The van der Waals surface area contributed by atoms with Gasteiger partial charge in [0.25, 0.3) is 10.0 Å². The number of aryl methyl sites for hydroxylation is 1. The molecule has 1 aromatic carbocycles. The van der Waals surface area contributed by atoms with Crippen LogP contribution in [0.15, 0.2) is 35.4 Å². The van der Waals surface area contributed by atoms with Crippen LogP contribution in [-0.4, -0.2) is 18.5 Å². The standard InChI is InChI=1S/C12H14N2O3S2/c1-8-7-13-12(18-8)14-19(16,17)11-5-3-4-10(6-11)9(2)15/h3-7,9,15H,1-2H3,(H,13,14). The summed E-state index contributed by atoms with van der Waals surface area (Å²) in [5, 5.41) is 9.81. The molecule has 0 radical (unpaired) electrons. The van der Waals surface area contributed by atoms with Gasteiger partial charge in [0.05, 0.1) is 11.0 Å². The minimum Gasteiger partial charge on any atom is -0.389 e. The first-order valence-corrected chi connectivity index (χ1v) is 7.92. The lowest BCUT2D eigenvalue weighted by Crippen LogP contribution is -2.13. The second-order valence-electron chi connectivity index (χ2n) is 4.13. The van der Waals surface area contributed by atoms with Crippen LogP contribution < -0.4 is 4.72 Å². The van der Waals surface area contributed by atoms with Gasteiger partial charge in [0.2, 0.25) is 0 Å². The van der Waals surface area contributed by atoms with Crippen molar-refractivity contribution < 1.29 is 13.5 Å². The first-order valence-electron chi connectivity index (χ1n) is 5.62. The number of sulfonamides is 1. The van der Waals surface area contributed by atoms with E-state index in [9.17, 15) is 13.5 Å². The molecule has 0 spiro atoms. The fourth-order valence-electron chi connectivity index (χ4n) is 1.52. The van der Waals surface area contributed by atoms with E-state index in [1.807, 2.05) is 6.92 Å². The highest BCUT2D eigenvalue weighted by molar-refractivity contribution is 7.93. The van der Waals surface area contributed by atoms with Crippen LogP contribution in [0, 0.1) is 6.92 Å². The molecule has 5 nitrogen and oxygen atoms in total. The predicted octanol–water partition coefficient (Wildman–Crippen LogP) is 2.31. The second kappa shape index (κ2) is 5.28. The van der Waals surface area contributed by atoms with Gasteiger partial charge in [-0.25, -0.2) is 13.4 Å². The maximum atomic E-state index is 12.2. The number of aliphatic hydroxyl groups excluding tert-OH is 1. The molecular formula is C12H14N2O3S2. The predicted molar refractivity (Wildman–Crippen MR) is 74.7 cm³/mol. The molecule has 2 rings (SSSR count). The van der Waals surface area contributed by atoms with Crippen molar-refractivity contribution in [1.29, 1.82) is 0 Å². The van der Waals surface area contributed by atoms with Crippen LogP contribution >= 0.6 is 11.3 Å². The quantitative estimate of drug-likeness (QED) is 0.907. The van der Waals surface area contributed by atoms with Gasteiger partial charge in [0.1, 0.15) is 0 Å². The summed E-state index contributed by atoms with van der Waals surface area (Å²) in [6.45, 7) is 3.44. The molecule has 2 aromatic rings. The van der Waals surface area contributed by atoms with Crippen molar-refractivity contribution in [2.45, 2.75) is 24.8 Å². The van der Waals surface area contributed by atoms with E-state index >= 15 is 0 Å². The number of aromatic nitrogens is 1. The molecule has 0 aliphatic rings. The molecule has 0 aliphatic carbocycles. The van der Waals surface area contributed by atoms with Gasteiger partial charge in [-0.3, -0.25) is 4.72 Å². The third-order valence-electron chi connectivity index (χ3n) is 2.49. The van der Waals surface area contributed by atoms with E-state index in [1.54, 1.807) is 25.3 Å². The summed E-state index contributed by atoms with van der Waals surface area (Å²) in [6, 6.07) is 6.21. The molecule has 2 N–H and O–H groups in total. The minimum absolute atomic E-state index is 0.110. The van der Waals surface area contributed by atoms with E-state index in [0.29, 0.717) is 10.7 Å². The number of aliphatic hydroxyl groups is 1. The van der Waals surface area contributed by atoms with Gasteiger partial charge >= 0.3 is 0 Å². The molecule has 0 fully saturated rings. The zero-order valence-electron chi connectivity index (χ0n) is 10.5. The smallest absolute Gasteiger partial charge is 0.263 e. The fourth-order valence-corrected chi connectivity index (χ4v) is 3.48. The molecule has 1 heterocycles. The molecule has 0 saturated heterocycles. The maximum Gasteiger partial charge on any atom is 0.263 e. The number of benzene rings is 1. The first kappa shape index (κ1) is 14.0. The van der Waals surface area contributed by atoms with Gasteiger partial charge in [0.15, 0.2) is 5.13 Å². The van der Waals surface area contributed by atoms with Gasteiger partial charge < -0.3 is 5.11 Å². The van der Waals surface area contributed by atoms with E-state index in [1.165, 1.54) is 23.5 Å². The van der Waals surface area contributed by atoms with Crippen molar-refractivity contribution in [3.05, 3.63) is 40.9 Å². The van der Waals surface area contributed by atoms with Crippen LogP contribution in [0.1, 0.15) is 23.5 Å². The number of hydrogen-bond donors (Lipinski definition) is 2. The van der Waals surface area contributed by atoms with Gasteiger partial charge in [-0.2, -0.15) is 0 Å². The fraction of sp³-hybridized carbons (Fsp3) is 0.250. The van der Waals surface area contributed by atoms with E-state index < -0.39 is 16.1 Å². The molecule has 0 aliphatic heterocycles. The lowest BCUT2D eigenvalue weighted by molar-refractivity contribution is 0.199. The van der Waals surface area contributed by atoms with Gasteiger partial charge in [0, 0.05) is 11.1 Å². The van der Waals surface area contributed by atoms with Crippen LogP contribution in [0.3, 0.4) is 0 Å². The number of thiazole rings is 1. The number of nitrogens with zero attached hydrogens (tertiary/aromatic N) is 1. The molecule has 1 aromatic heterocycles. The molecule has 0 amide bonds. The van der Waals surface area contributed by atoms with Crippen molar-refractivity contribution in [2.24, 2.45) is 0 Å². The number of hydrogen-bond acceptors (Lipinski definition) is 5. The van der Waals surface area contributed by atoms with Crippen molar-refractivity contribution in [3.8, 4) is 0 Å². The summed E-state index contributed by atoms with van der Waals surface area (Å²) >= 11 is 1.27.